The van der Waals surface area contributed by atoms with Crippen LogP contribution in [0.1, 0.15) is 35.9 Å². The fraction of sp³-hybridized carbons (Fsp3) is 0.333. The van der Waals surface area contributed by atoms with E-state index in [4.69, 9.17) is 0 Å². The SMILES string of the molecule is OCC(NC1CC(c2cccc(F)c2)C1)c1ccccc1. The van der Waals surface area contributed by atoms with Crippen LogP contribution in [0.3, 0.4) is 0 Å². The van der Waals surface area contributed by atoms with Crippen molar-refractivity contribution in [3.8, 4) is 0 Å². The molecule has 1 fully saturated rings. The standard InChI is InChI=1S/C18H20FNO/c19-16-8-4-7-14(9-16)15-10-17(11-15)20-18(12-21)13-5-2-1-3-6-13/h1-9,15,17-18,20-21H,10-12H2. The highest BCUT2D eigenvalue weighted by molar-refractivity contribution is 5.25. The molecule has 3 rings (SSSR count). The molecule has 1 unspecified atom stereocenters. The predicted molar refractivity (Wildman–Crippen MR) is 81.6 cm³/mol. The van der Waals surface area contributed by atoms with E-state index in [-0.39, 0.29) is 18.5 Å². The lowest BCUT2D eigenvalue weighted by Crippen LogP contribution is -2.43. The second-order valence-electron chi connectivity index (χ2n) is 5.73. The Kier molecular flexibility index (Phi) is 4.32. The molecular weight excluding hydrogens is 265 g/mol. The molecule has 1 aliphatic carbocycles. The minimum atomic E-state index is -0.165. The molecule has 2 aromatic carbocycles. The van der Waals surface area contributed by atoms with Gasteiger partial charge in [-0.3, -0.25) is 0 Å². The van der Waals surface area contributed by atoms with Gasteiger partial charge in [-0.1, -0.05) is 42.5 Å². The van der Waals surface area contributed by atoms with E-state index in [1.807, 2.05) is 36.4 Å². The van der Waals surface area contributed by atoms with Crippen LogP contribution in [-0.2, 0) is 0 Å². The summed E-state index contributed by atoms with van der Waals surface area (Å²) in [6.07, 6.45) is 1.99. The van der Waals surface area contributed by atoms with Gasteiger partial charge in [0.25, 0.3) is 0 Å². The maximum atomic E-state index is 13.2. The van der Waals surface area contributed by atoms with Crippen LogP contribution in [0.4, 0.5) is 4.39 Å². The molecule has 1 aliphatic rings. The molecule has 0 saturated heterocycles. The quantitative estimate of drug-likeness (QED) is 0.882. The van der Waals surface area contributed by atoms with Gasteiger partial charge in [0.1, 0.15) is 5.82 Å². The maximum absolute atomic E-state index is 13.2. The first-order valence-electron chi connectivity index (χ1n) is 7.43. The van der Waals surface area contributed by atoms with E-state index in [0.717, 1.165) is 24.0 Å². The molecule has 21 heavy (non-hydrogen) atoms. The summed E-state index contributed by atoms with van der Waals surface area (Å²) in [6.45, 7) is 0.0884. The van der Waals surface area contributed by atoms with Gasteiger partial charge < -0.3 is 10.4 Å². The van der Waals surface area contributed by atoms with Crippen molar-refractivity contribution < 1.29 is 9.50 Å². The number of rotatable bonds is 5. The van der Waals surface area contributed by atoms with Gasteiger partial charge in [0.05, 0.1) is 12.6 Å². The van der Waals surface area contributed by atoms with E-state index in [1.165, 1.54) is 6.07 Å². The van der Waals surface area contributed by atoms with Gasteiger partial charge in [-0.05, 0) is 42.0 Å². The van der Waals surface area contributed by atoms with Crippen LogP contribution < -0.4 is 5.32 Å². The number of hydrogen-bond donors (Lipinski definition) is 2. The molecule has 1 saturated carbocycles. The maximum Gasteiger partial charge on any atom is 0.123 e. The Balaban J connectivity index is 1.57. The number of halogens is 1. The number of nitrogens with one attached hydrogen (secondary N) is 1. The molecule has 3 heteroatoms. The fourth-order valence-corrected chi connectivity index (χ4v) is 3.01. The van der Waals surface area contributed by atoms with Crippen LogP contribution in [0.15, 0.2) is 54.6 Å². The molecule has 2 N–H and O–H groups in total. The van der Waals surface area contributed by atoms with E-state index in [2.05, 4.69) is 5.32 Å². The molecular formula is C18H20FNO. The van der Waals surface area contributed by atoms with Gasteiger partial charge in [-0.2, -0.15) is 0 Å². The molecule has 0 radical (unpaired) electrons. The van der Waals surface area contributed by atoms with Crippen molar-refractivity contribution in [3.63, 3.8) is 0 Å². The minimum Gasteiger partial charge on any atom is -0.394 e. The molecule has 0 spiro atoms. The lowest BCUT2D eigenvalue weighted by atomic mass is 9.75. The van der Waals surface area contributed by atoms with Crippen molar-refractivity contribution in [1.29, 1.82) is 0 Å². The lowest BCUT2D eigenvalue weighted by Gasteiger charge is -2.38. The summed E-state index contributed by atoms with van der Waals surface area (Å²) < 4.78 is 13.2. The van der Waals surface area contributed by atoms with Gasteiger partial charge in [-0.15, -0.1) is 0 Å². The highest BCUT2D eigenvalue weighted by atomic mass is 19.1. The fourth-order valence-electron chi connectivity index (χ4n) is 3.01. The van der Waals surface area contributed by atoms with E-state index < -0.39 is 0 Å². The van der Waals surface area contributed by atoms with Gasteiger partial charge in [-0.25, -0.2) is 4.39 Å². The summed E-state index contributed by atoms with van der Waals surface area (Å²) >= 11 is 0. The minimum absolute atomic E-state index is 0.0235. The highest BCUT2D eigenvalue weighted by Crippen LogP contribution is 2.38. The molecule has 2 aromatic rings. The molecule has 1 atom stereocenters. The van der Waals surface area contributed by atoms with Crippen LogP contribution in [0, 0.1) is 5.82 Å². The Morgan fingerprint density at radius 2 is 1.86 bits per heavy atom. The van der Waals surface area contributed by atoms with E-state index in [9.17, 15) is 9.50 Å². The smallest absolute Gasteiger partial charge is 0.123 e. The monoisotopic (exact) mass is 285 g/mol. The van der Waals surface area contributed by atoms with Crippen molar-refractivity contribution in [3.05, 3.63) is 71.5 Å². The number of hydrogen-bond acceptors (Lipinski definition) is 2. The summed E-state index contributed by atoms with van der Waals surface area (Å²) in [7, 11) is 0. The predicted octanol–water partition coefficient (Wildman–Crippen LogP) is 3.39. The summed E-state index contributed by atoms with van der Waals surface area (Å²) in [4.78, 5) is 0. The zero-order valence-corrected chi connectivity index (χ0v) is 11.9. The summed E-state index contributed by atoms with van der Waals surface area (Å²) in [5.74, 6) is 0.259. The van der Waals surface area contributed by atoms with Crippen molar-refractivity contribution in [2.75, 3.05) is 6.61 Å². The lowest BCUT2D eigenvalue weighted by molar-refractivity contribution is 0.197. The van der Waals surface area contributed by atoms with Crippen LogP contribution in [0.5, 0.6) is 0 Å². The third-order valence-corrected chi connectivity index (χ3v) is 4.28. The Bertz CT molecular complexity index is 581. The second-order valence-corrected chi connectivity index (χ2v) is 5.73. The van der Waals surface area contributed by atoms with Crippen LogP contribution in [0.25, 0.3) is 0 Å². The number of benzene rings is 2. The van der Waals surface area contributed by atoms with Crippen molar-refractivity contribution in [2.45, 2.75) is 30.8 Å². The zero-order valence-electron chi connectivity index (χ0n) is 11.9. The van der Waals surface area contributed by atoms with Gasteiger partial charge >= 0.3 is 0 Å². The second kappa shape index (κ2) is 6.37. The Hall–Kier alpha value is -1.71. The van der Waals surface area contributed by atoms with Crippen molar-refractivity contribution >= 4 is 0 Å². The Morgan fingerprint density at radius 3 is 2.52 bits per heavy atom. The molecule has 0 bridgehead atoms. The van der Waals surface area contributed by atoms with Gasteiger partial charge in [0.15, 0.2) is 0 Å². The molecule has 2 nitrogen and oxygen atoms in total. The van der Waals surface area contributed by atoms with E-state index >= 15 is 0 Å². The first-order valence-corrected chi connectivity index (χ1v) is 7.43. The van der Waals surface area contributed by atoms with Crippen molar-refractivity contribution in [2.24, 2.45) is 0 Å². The molecule has 0 aliphatic heterocycles. The number of aliphatic hydroxyl groups excluding tert-OH is 1. The molecule has 0 heterocycles. The van der Waals surface area contributed by atoms with Gasteiger partial charge in [0.2, 0.25) is 0 Å². The van der Waals surface area contributed by atoms with E-state index in [1.54, 1.807) is 12.1 Å². The third-order valence-electron chi connectivity index (χ3n) is 4.28. The largest absolute Gasteiger partial charge is 0.394 e. The average molecular weight is 285 g/mol. The first kappa shape index (κ1) is 14.2. The first-order chi connectivity index (χ1) is 10.3. The van der Waals surface area contributed by atoms with Crippen LogP contribution in [-0.4, -0.2) is 17.8 Å². The van der Waals surface area contributed by atoms with Crippen LogP contribution >= 0.6 is 0 Å². The number of aliphatic hydroxyl groups is 1. The molecule has 0 aromatic heterocycles. The third kappa shape index (κ3) is 3.31. The average Bonchev–Trinajstić information content (AvgIpc) is 2.47. The summed E-state index contributed by atoms with van der Waals surface area (Å²) in [5, 5.41) is 13.0. The highest BCUT2D eigenvalue weighted by Gasteiger charge is 2.31. The Labute approximate surface area is 124 Å². The molecule has 0 amide bonds. The Morgan fingerprint density at radius 1 is 1.10 bits per heavy atom. The van der Waals surface area contributed by atoms with Crippen LogP contribution in [0.2, 0.25) is 0 Å². The van der Waals surface area contributed by atoms with Gasteiger partial charge in [0, 0.05) is 6.04 Å². The topological polar surface area (TPSA) is 32.3 Å². The zero-order chi connectivity index (χ0) is 14.7. The summed E-state index contributed by atoms with van der Waals surface area (Å²) in [6, 6.07) is 17.2. The molecule has 110 valence electrons. The van der Waals surface area contributed by atoms with E-state index in [0.29, 0.717) is 12.0 Å². The normalized spacial score (nSPS) is 22.6. The van der Waals surface area contributed by atoms with Crippen molar-refractivity contribution in [1.82, 2.24) is 5.32 Å². The summed E-state index contributed by atoms with van der Waals surface area (Å²) in [5.41, 5.74) is 2.18.